The number of rotatable bonds is 3. The molecule has 2 nitrogen and oxygen atoms in total. The van der Waals surface area contributed by atoms with Gasteiger partial charge in [-0.15, -0.1) is 0 Å². The molecular weight excluding hydrogens is 244 g/mol. The molecule has 1 N–H and O–H groups in total. The molecular formula is C18H36N2. The van der Waals surface area contributed by atoms with E-state index in [-0.39, 0.29) is 5.54 Å². The van der Waals surface area contributed by atoms with Crippen molar-refractivity contribution in [2.45, 2.75) is 78.3 Å². The molecule has 0 aromatic carbocycles. The monoisotopic (exact) mass is 280 g/mol. The zero-order valence-electron chi connectivity index (χ0n) is 14.4. The normalized spacial score (nSPS) is 34.4. The Hall–Kier alpha value is -0.0800. The van der Waals surface area contributed by atoms with Gasteiger partial charge in [0.05, 0.1) is 0 Å². The highest BCUT2D eigenvalue weighted by atomic mass is 15.2. The van der Waals surface area contributed by atoms with Gasteiger partial charge in [-0.05, 0) is 90.3 Å². The Kier molecular flexibility index (Phi) is 5.53. The van der Waals surface area contributed by atoms with Crippen LogP contribution in [-0.2, 0) is 0 Å². The van der Waals surface area contributed by atoms with E-state index in [4.69, 9.17) is 0 Å². The molecule has 2 aliphatic rings. The van der Waals surface area contributed by atoms with Crippen LogP contribution in [0, 0.1) is 17.8 Å². The van der Waals surface area contributed by atoms with Crippen LogP contribution >= 0.6 is 0 Å². The van der Waals surface area contributed by atoms with Crippen molar-refractivity contribution >= 4 is 0 Å². The highest BCUT2D eigenvalue weighted by Gasteiger charge is 2.30. The van der Waals surface area contributed by atoms with Crippen LogP contribution in [0.5, 0.6) is 0 Å². The van der Waals surface area contributed by atoms with Crippen LogP contribution in [0.2, 0.25) is 0 Å². The summed E-state index contributed by atoms with van der Waals surface area (Å²) in [6.07, 6.45) is 7.11. The van der Waals surface area contributed by atoms with E-state index in [1.165, 1.54) is 51.7 Å². The van der Waals surface area contributed by atoms with Gasteiger partial charge in [-0.2, -0.15) is 0 Å². The number of nitrogens with zero attached hydrogens (tertiary/aromatic N) is 1. The third kappa shape index (κ3) is 5.04. The van der Waals surface area contributed by atoms with Crippen molar-refractivity contribution < 1.29 is 0 Å². The SMILES string of the molecule is CC1CC(C)CC(N2CCC(CNC(C)(C)C)CC2)C1. The zero-order valence-corrected chi connectivity index (χ0v) is 14.4. The summed E-state index contributed by atoms with van der Waals surface area (Å²) in [6.45, 7) is 15.6. The Balaban J connectivity index is 1.73. The van der Waals surface area contributed by atoms with Crippen molar-refractivity contribution in [2.24, 2.45) is 17.8 Å². The molecule has 20 heavy (non-hydrogen) atoms. The Bertz CT molecular complexity index is 276. The van der Waals surface area contributed by atoms with Gasteiger partial charge >= 0.3 is 0 Å². The van der Waals surface area contributed by atoms with E-state index in [0.29, 0.717) is 0 Å². The Labute approximate surface area is 126 Å². The lowest BCUT2D eigenvalue weighted by Crippen LogP contribution is -2.47. The minimum atomic E-state index is 0.269. The molecule has 2 fully saturated rings. The lowest BCUT2D eigenvalue weighted by molar-refractivity contribution is 0.0742. The molecule has 118 valence electrons. The van der Waals surface area contributed by atoms with Crippen LogP contribution in [0.25, 0.3) is 0 Å². The molecule has 1 aliphatic carbocycles. The molecule has 0 aromatic heterocycles. The first-order valence-electron chi connectivity index (χ1n) is 8.82. The number of nitrogens with one attached hydrogen (secondary N) is 1. The quantitative estimate of drug-likeness (QED) is 0.843. The summed E-state index contributed by atoms with van der Waals surface area (Å²) in [5.74, 6) is 2.76. The Morgan fingerprint density at radius 3 is 2.00 bits per heavy atom. The fraction of sp³-hybridized carbons (Fsp3) is 1.00. The van der Waals surface area contributed by atoms with Crippen molar-refractivity contribution in [2.75, 3.05) is 19.6 Å². The molecule has 0 radical (unpaired) electrons. The summed E-state index contributed by atoms with van der Waals surface area (Å²) in [5, 5.41) is 3.68. The van der Waals surface area contributed by atoms with E-state index in [1.807, 2.05) is 0 Å². The van der Waals surface area contributed by atoms with Gasteiger partial charge in [-0.1, -0.05) is 13.8 Å². The summed E-state index contributed by atoms with van der Waals surface area (Å²) in [4.78, 5) is 2.81. The van der Waals surface area contributed by atoms with Gasteiger partial charge in [0.25, 0.3) is 0 Å². The molecule has 0 amide bonds. The van der Waals surface area contributed by atoms with E-state index in [1.54, 1.807) is 0 Å². The van der Waals surface area contributed by atoms with Crippen molar-refractivity contribution in [3.05, 3.63) is 0 Å². The van der Waals surface area contributed by atoms with E-state index in [0.717, 1.165) is 23.8 Å². The molecule has 0 aromatic rings. The highest BCUT2D eigenvalue weighted by molar-refractivity contribution is 4.85. The zero-order chi connectivity index (χ0) is 14.8. The fourth-order valence-corrected chi connectivity index (χ4v) is 4.18. The maximum atomic E-state index is 3.68. The predicted molar refractivity (Wildman–Crippen MR) is 88.0 cm³/mol. The second kappa shape index (κ2) is 6.79. The first-order chi connectivity index (χ1) is 9.33. The van der Waals surface area contributed by atoms with E-state index in [9.17, 15) is 0 Å². The van der Waals surface area contributed by atoms with Gasteiger partial charge in [0.2, 0.25) is 0 Å². The molecule has 1 saturated heterocycles. The van der Waals surface area contributed by atoms with Crippen molar-refractivity contribution in [1.29, 1.82) is 0 Å². The van der Waals surface area contributed by atoms with Crippen LogP contribution in [0.4, 0.5) is 0 Å². The molecule has 1 saturated carbocycles. The lowest BCUT2D eigenvalue weighted by Gasteiger charge is -2.43. The van der Waals surface area contributed by atoms with Crippen LogP contribution in [0.15, 0.2) is 0 Å². The van der Waals surface area contributed by atoms with Gasteiger partial charge in [-0.25, -0.2) is 0 Å². The number of piperidine rings is 1. The Morgan fingerprint density at radius 1 is 0.950 bits per heavy atom. The van der Waals surface area contributed by atoms with Crippen molar-refractivity contribution in [1.82, 2.24) is 10.2 Å². The lowest BCUT2D eigenvalue weighted by atomic mass is 9.79. The topological polar surface area (TPSA) is 15.3 Å². The standard InChI is InChI=1S/C18H36N2/c1-14-10-15(2)12-17(11-14)20-8-6-16(7-9-20)13-19-18(3,4)5/h14-17,19H,6-13H2,1-5H3. The molecule has 1 heterocycles. The average molecular weight is 281 g/mol. The van der Waals surface area contributed by atoms with Crippen molar-refractivity contribution in [3.63, 3.8) is 0 Å². The molecule has 2 rings (SSSR count). The maximum absolute atomic E-state index is 3.68. The molecule has 2 unspecified atom stereocenters. The third-order valence-corrected chi connectivity index (χ3v) is 5.24. The van der Waals surface area contributed by atoms with E-state index < -0.39 is 0 Å². The second-order valence-electron chi connectivity index (χ2n) is 8.68. The summed E-state index contributed by atoms with van der Waals surface area (Å²) < 4.78 is 0. The smallest absolute Gasteiger partial charge is 0.0100 e. The third-order valence-electron chi connectivity index (χ3n) is 5.24. The summed E-state index contributed by atoms with van der Waals surface area (Å²) in [7, 11) is 0. The fourth-order valence-electron chi connectivity index (χ4n) is 4.18. The Morgan fingerprint density at radius 2 is 1.50 bits per heavy atom. The highest BCUT2D eigenvalue weighted by Crippen LogP contribution is 2.33. The first kappa shape index (κ1) is 16.3. The van der Waals surface area contributed by atoms with Crippen LogP contribution in [0.1, 0.15) is 66.7 Å². The predicted octanol–water partition coefficient (Wildman–Crippen LogP) is 3.91. The van der Waals surface area contributed by atoms with Gasteiger partial charge in [0.15, 0.2) is 0 Å². The van der Waals surface area contributed by atoms with E-state index >= 15 is 0 Å². The van der Waals surface area contributed by atoms with Crippen LogP contribution in [0.3, 0.4) is 0 Å². The minimum absolute atomic E-state index is 0.269. The number of hydrogen-bond acceptors (Lipinski definition) is 2. The molecule has 2 atom stereocenters. The largest absolute Gasteiger partial charge is 0.312 e. The van der Waals surface area contributed by atoms with Gasteiger partial charge in [-0.3, -0.25) is 0 Å². The maximum Gasteiger partial charge on any atom is 0.0100 e. The second-order valence-corrected chi connectivity index (χ2v) is 8.68. The van der Waals surface area contributed by atoms with Gasteiger partial charge in [0.1, 0.15) is 0 Å². The summed E-state index contributed by atoms with van der Waals surface area (Å²) in [6, 6.07) is 0.880. The molecule has 0 bridgehead atoms. The van der Waals surface area contributed by atoms with Gasteiger partial charge in [0, 0.05) is 11.6 Å². The van der Waals surface area contributed by atoms with Crippen LogP contribution < -0.4 is 5.32 Å². The molecule has 2 heteroatoms. The molecule has 0 spiro atoms. The first-order valence-corrected chi connectivity index (χ1v) is 8.82. The van der Waals surface area contributed by atoms with Gasteiger partial charge < -0.3 is 10.2 Å². The summed E-state index contributed by atoms with van der Waals surface area (Å²) >= 11 is 0. The minimum Gasteiger partial charge on any atom is -0.312 e. The molecule has 1 aliphatic heterocycles. The summed E-state index contributed by atoms with van der Waals surface area (Å²) in [5.41, 5.74) is 0.269. The number of hydrogen-bond donors (Lipinski definition) is 1. The average Bonchev–Trinajstić information content (AvgIpc) is 2.35. The number of likely N-dealkylation sites (tertiary alicyclic amines) is 1. The van der Waals surface area contributed by atoms with E-state index in [2.05, 4.69) is 44.8 Å². The van der Waals surface area contributed by atoms with Crippen molar-refractivity contribution in [3.8, 4) is 0 Å². The van der Waals surface area contributed by atoms with Crippen LogP contribution in [-0.4, -0.2) is 36.1 Å².